The van der Waals surface area contributed by atoms with Gasteiger partial charge >= 0.3 is 0 Å². The van der Waals surface area contributed by atoms with Crippen LogP contribution in [0.5, 0.6) is 0 Å². The summed E-state index contributed by atoms with van der Waals surface area (Å²) < 4.78 is 0. The summed E-state index contributed by atoms with van der Waals surface area (Å²) in [7, 11) is 0. The van der Waals surface area contributed by atoms with Crippen LogP contribution in [0.4, 0.5) is 17.1 Å². The van der Waals surface area contributed by atoms with E-state index in [0.717, 1.165) is 35.0 Å². The van der Waals surface area contributed by atoms with Crippen molar-refractivity contribution in [3.63, 3.8) is 0 Å². The van der Waals surface area contributed by atoms with Crippen LogP contribution in [0.25, 0.3) is 55.5 Å². The number of hydrogen-bond donors (Lipinski definition) is 0. The van der Waals surface area contributed by atoms with E-state index >= 15 is 0 Å². The first-order chi connectivity index (χ1) is 30.9. The summed E-state index contributed by atoms with van der Waals surface area (Å²) in [5.74, 6) is 0. The van der Waals surface area contributed by atoms with Crippen molar-refractivity contribution in [2.45, 2.75) is 103 Å². The quantitative estimate of drug-likeness (QED) is 0.0797. The summed E-state index contributed by atoms with van der Waals surface area (Å²) in [6, 6.07) is 64.8. The van der Waals surface area contributed by atoms with E-state index in [2.05, 4.69) is 202 Å². The molecule has 2 aliphatic rings. The molecule has 1 aliphatic carbocycles. The standard InChI is InChI=1S/C61H59N2.Ir/c1-5-7-9-21-37-61(38-22-10-8-6-2)53-29-19-20-30-58(53)63(47-25-15-12-16-26-47)59-36-33-45(40-55(59)61)44-32-35-56-51(39-44)50(43-23-13-11-14-24-43)42-57(62-56)46-31-34-49-48-27-17-18-28-52(48)60(3,4)54(49)41-46;/h11-20,23-30,32-36,39-42H,5-10,21-22,37-38H2,1-4H3;/q-1;. The van der Waals surface area contributed by atoms with Crippen molar-refractivity contribution >= 4 is 28.0 Å². The molecule has 0 bridgehead atoms. The van der Waals surface area contributed by atoms with E-state index in [1.807, 2.05) is 0 Å². The fraction of sp³-hybridized carbons (Fsp3) is 0.262. The second kappa shape index (κ2) is 18.5. The molecule has 0 atom stereocenters. The van der Waals surface area contributed by atoms with Gasteiger partial charge in [0, 0.05) is 36.6 Å². The van der Waals surface area contributed by atoms with E-state index in [-0.39, 0.29) is 30.9 Å². The van der Waals surface area contributed by atoms with Gasteiger partial charge in [-0.15, -0.1) is 29.3 Å². The number of hydrogen-bond acceptors (Lipinski definition) is 2. The van der Waals surface area contributed by atoms with Crippen LogP contribution in [0.15, 0.2) is 164 Å². The van der Waals surface area contributed by atoms with Crippen molar-refractivity contribution in [2.75, 3.05) is 4.90 Å². The maximum Gasteiger partial charge on any atom is 0.0602 e. The average molecular weight is 1010 g/mol. The molecule has 0 saturated heterocycles. The molecule has 64 heavy (non-hydrogen) atoms. The van der Waals surface area contributed by atoms with Gasteiger partial charge in [-0.2, -0.15) is 0 Å². The Morgan fingerprint density at radius 3 is 1.86 bits per heavy atom. The summed E-state index contributed by atoms with van der Waals surface area (Å²) in [4.78, 5) is 7.94. The van der Waals surface area contributed by atoms with Crippen molar-refractivity contribution in [1.82, 2.24) is 4.98 Å². The van der Waals surface area contributed by atoms with Crippen LogP contribution < -0.4 is 4.90 Å². The van der Waals surface area contributed by atoms with Crippen LogP contribution in [0.1, 0.15) is 114 Å². The third kappa shape index (κ3) is 7.76. The molecule has 2 nitrogen and oxygen atoms in total. The van der Waals surface area contributed by atoms with Crippen LogP contribution in [0.2, 0.25) is 0 Å². The van der Waals surface area contributed by atoms with Crippen LogP contribution in [0.3, 0.4) is 0 Å². The van der Waals surface area contributed by atoms with Crippen molar-refractivity contribution in [3.8, 4) is 44.6 Å². The molecule has 0 N–H and O–H groups in total. The topological polar surface area (TPSA) is 16.1 Å². The van der Waals surface area contributed by atoms with Gasteiger partial charge in [0.15, 0.2) is 0 Å². The molecule has 2 heterocycles. The predicted molar refractivity (Wildman–Crippen MR) is 267 cm³/mol. The van der Waals surface area contributed by atoms with E-state index in [4.69, 9.17) is 4.98 Å². The third-order valence-corrected chi connectivity index (χ3v) is 14.4. The fourth-order valence-electron chi connectivity index (χ4n) is 11.1. The monoisotopic (exact) mass is 1010 g/mol. The Bertz CT molecular complexity index is 2900. The molecule has 0 spiro atoms. The van der Waals surface area contributed by atoms with Gasteiger partial charge in [-0.3, -0.25) is 4.98 Å². The largest absolute Gasteiger partial charge is 0.310 e. The number of aromatic nitrogens is 1. The Morgan fingerprint density at radius 1 is 0.500 bits per heavy atom. The number of benzene rings is 7. The molecule has 3 heteroatoms. The molecule has 0 fully saturated rings. The van der Waals surface area contributed by atoms with Gasteiger partial charge in [0.1, 0.15) is 0 Å². The van der Waals surface area contributed by atoms with Crippen LogP contribution in [-0.2, 0) is 30.9 Å². The molecule has 0 amide bonds. The number of nitrogens with zero attached hydrogens (tertiary/aromatic N) is 2. The number of pyridine rings is 1. The third-order valence-electron chi connectivity index (χ3n) is 14.4. The molecule has 0 saturated carbocycles. The van der Waals surface area contributed by atoms with E-state index in [1.165, 1.54) is 124 Å². The minimum atomic E-state index is -0.0958. The second-order valence-corrected chi connectivity index (χ2v) is 18.6. The minimum Gasteiger partial charge on any atom is -0.310 e. The zero-order valence-corrected chi connectivity index (χ0v) is 40.3. The first kappa shape index (κ1) is 43.6. The molecule has 1 radical (unpaired) electrons. The van der Waals surface area contributed by atoms with Gasteiger partial charge in [0.25, 0.3) is 0 Å². The molecule has 7 aromatic carbocycles. The number of rotatable bonds is 14. The molecular weight excluding hydrogens is 953 g/mol. The molecule has 1 aromatic heterocycles. The van der Waals surface area contributed by atoms with Gasteiger partial charge < -0.3 is 4.90 Å². The van der Waals surface area contributed by atoms with Crippen molar-refractivity contribution in [3.05, 3.63) is 192 Å². The van der Waals surface area contributed by atoms with Gasteiger partial charge in [-0.25, -0.2) is 0 Å². The number of unbranched alkanes of at least 4 members (excludes halogenated alkanes) is 6. The van der Waals surface area contributed by atoms with Crippen molar-refractivity contribution < 1.29 is 20.1 Å². The van der Waals surface area contributed by atoms with Crippen molar-refractivity contribution in [2.24, 2.45) is 0 Å². The maximum absolute atomic E-state index is 5.41. The zero-order chi connectivity index (χ0) is 43.0. The maximum atomic E-state index is 5.41. The Hall–Kier alpha value is -5.60. The van der Waals surface area contributed by atoms with Crippen molar-refractivity contribution in [1.29, 1.82) is 0 Å². The summed E-state index contributed by atoms with van der Waals surface area (Å²) in [5, 5.41) is 1.16. The Balaban J connectivity index is 0.00000518. The van der Waals surface area contributed by atoms with Gasteiger partial charge in [0.05, 0.1) is 16.9 Å². The van der Waals surface area contributed by atoms with Gasteiger partial charge in [-0.05, 0) is 105 Å². The fourth-order valence-corrected chi connectivity index (χ4v) is 11.1. The second-order valence-electron chi connectivity index (χ2n) is 18.6. The Labute approximate surface area is 395 Å². The first-order valence-corrected chi connectivity index (χ1v) is 23.7. The van der Waals surface area contributed by atoms with E-state index in [0.29, 0.717) is 0 Å². The Morgan fingerprint density at radius 2 is 1.12 bits per heavy atom. The van der Waals surface area contributed by atoms with Crippen LogP contribution in [-0.4, -0.2) is 4.98 Å². The summed E-state index contributed by atoms with van der Waals surface area (Å²) in [5.41, 5.74) is 19.7. The Kier molecular flexibility index (Phi) is 12.6. The summed E-state index contributed by atoms with van der Waals surface area (Å²) >= 11 is 0. The summed E-state index contributed by atoms with van der Waals surface area (Å²) in [6.07, 6.45) is 12.3. The smallest absolute Gasteiger partial charge is 0.0602 e. The van der Waals surface area contributed by atoms with Gasteiger partial charge in [-0.1, -0.05) is 199 Å². The van der Waals surface area contributed by atoms with E-state index in [1.54, 1.807) is 0 Å². The number of fused-ring (bicyclic) bond motifs is 6. The number of anilines is 3. The number of para-hydroxylation sites is 2. The molecule has 323 valence electrons. The zero-order valence-electron chi connectivity index (χ0n) is 37.9. The molecule has 10 rings (SSSR count). The SMILES string of the molecule is CCCCCCC1(CCCCCC)c2ccccc2N(c2ccccc2)c2ccc(-c3ccc4nc(-c5[c-]cc6c(c5)C(C)(C)c5ccccc5-6)cc(-c5ccccc5)c4c3)cc21.[Ir]. The first-order valence-electron chi connectivity index (χ1n) is 23.7. The predicted octanol–water partition coefficient (Wildman–Crippen LogP) is 17.3. The van der Waals surface area contributed by atoms with Crippen LogP contribution >= 0.6 is 0 Å². The van der Waals surface area contributed by atoms with E-state index < -0.39 is 0 Å². The minimum absolute atomic E-state index is 0. The molecule has 1 aliphatic heterocycles. The normalized spacial score (nSPS) is 14.0. The average Bonchev–Trinajstić information content (AvgIpc) is 3.56. The van der Waals surface area contributed by atoms with E-state index in [9.17, 15) is 0 Å². The molecule has 8 aromatic rings. The summed E-state index contributed by atoms with van der Waals surface area (Å²) in [6.45, 7) is 9.33. The molecular formula is C61H59IrN2-. The van der Waals surface area contributed by atoms with Crippen LogP contribution in [0, 0.1) is 6.07 Å². The molecule has 0 unspecified atom stereocenters. The van der Waals surface area contributed by atoms with Gasteiger partial charge in [0.2, 0.25) is 0 Å².